The molecule has 180 valence electrons. The smallest absolute Gasteiger partial charge is 0.268 e. The first-order valence-electron chi connectivity index (χ1n) is 11.3. The van der Waals surface area contributed by atoms with Crippen molar-refractivity contribution in [2.24, 2.45) is 0 Å². The molecule has 8 nitrogen and oxygen atoms in total. The van der Waals surface area contributed by atoms with Crippen LogP contribution in [-0.2, 0) is 11.3 Å². The minimum Gasteiger partial charge on any atom is -0.391 e. The zero-order chi connectivity index (χ0) is 24.7. The second kappa shape index (κ2) is 11.8. The Balaban J connectivity index is 1.57. The quantitative estimate of drug-likeness (QED) is 0.279. The summed E-state index contributed by atoms with van der Waals surface area (Å²) in [4.78, 5) is 28.7. The second-order valence-electron chi connectivity index (χ2n) is 8.83. The number of carbonyl (C=O) groups excluding carboxylic acids is 2. The van der Waals surface area contributed by atoms with E-state index in [9.17, 15) is 14.7 Å². The van der Waals surface area contributed by atoms with Crippen molar-refractivity contribution >= 4 is 11.8 Å². The number of nitrogens with one attached hydrogen (secondary N) is 2. The zero-order valence-corrected chi connectivity index (χ0v) is 19.8. The molecule has 0 aliphatic carbocycles. The molecule has 4 N–H and O–H groups in total. The molecular formula is C26H32N4O4. The van der Waals surface area contributed by atoms with E-state index in [0.717, 1.165) is 30.8 Å². The summed E-state index contributed by atoms with van der Waals surface area (Å²) in [6.45, 7) is 4.50. The maximum atomic E-state index is 12.4. The van der Waals surface area contributed by atoms with Gasteiger partial charge in [-0.05, 0) is 69.4 Å². The maximum absolute atomic E-state index is 12.4. The summed E-state index contributed by atoms with van der Waals surface area (Å²) in [5.74, 6) is 4.79. The molecule has 0 saturated carbocycles. The van der Waals surface area contributed by atoms with Gasteiger partial charge in [0.15, 0.2) is 0 Å². The Labute approximate surface area is 200 Å². The van der Waals surface area contributed by atoms with Crippen molar-refractivity contribution in [3.63, 3.8) is 0 Å². The highest BCUT2D eigenvalue weighted by atomic mass is 16.5. The van der Waals surface area contributed by atoms with Gasteiger partial charge in [0.2, 0.25) is 0 Å². The number of hydroxylamine groups is 1. The molecule has 0 spiro atoms. The van der Waals surface area contributed by atoms with Crippen LogP contribution < -0.4 is 10.8 Å². The van der Waals surface area contributed by atoms with E-state index < -0.39 is 24.0 Å². The Morgan fingerprint density at radius 2 is 1.68 bits per heavy atom. The Morgan fingerprint density at radius 3 is 2.18 bits per heavy atom. The molecule has 34 heavy (non-hydrogen) atoms. The summed E-state index contributed by atoms with van der Waals surface area (Å²) >= 11 is 0. The van der Waals surface area contributed by atoms with E-state index in [-0.39, 0.29) is 0 Å². The average molecular weight is 465 g/mol. The fourth-order valence-electron chi connectivity index (χ4n) is 3.88. The summed E-state index contributed by atoms with van der Waals surface area (Å²) in [5.41, 5.74) is 4.67. The molecule has 1 aliphatic heterocycles. The summed E-state index contributed by atoms with van der Waals surface area (Å²) in [6.07, 6.45) is 0.0359. The number of amides is 2. The molecule has 0 bridgehead atoms. The molecule has 0 aromatic heterocycles. The van der Waals surface area contributed by atoms with Crippen LogP contribution in [0.5, 0.6) is 0 Å². The molecule has 8 heteroatoms. The fourth-order valence-corrected chi connectivity index (χ4v) is 3.88. The minimum absolute atomic E-state index is 0.310. The molecule has 1 aliphatic rings. The number of carbonyl (C=O) groups is 2. The summed E-state index contributed by atoms with van der Waals surface area (Å²) in [5, 5.41) is 20.8. The van der Waals surface area contributed by atoms with Crippen LogP contribution in [0, 0.1) is 11.8 Å². The Bertz CT molecular complexity index is 1040. The number of aliphatic hydroxyl groups is 1. The highest BCUT2D eigenvalue weighted by Gasteiger charge is 2.26. The molecule has 1 fully saturated rings. The standard InChI is InChI=1S/C26H32N4O4/c1-18(31)24(26(33)28-34)27-25(32)22-12-10-20(11-13-22)5-4-19-6-8-21(9-7-19)16-30-15-14-23(17-30)29(2)3/h6-13,18,23-24,31,34H,14-17H2,1-3H3,(H,27,32)(H,28,33)/t18-,23-,24+/m1/s1. The molecular weight excluding hydrogens is 432 g/mol. The van der Waals surface area contributed by atoms with E-state index in [1.54, 1.807) is 24.3 Å². The van der Waals surface area contributed by atoms with Gasteiger partial charge in [0.25, 0.3) is 11.8 Å². The van der Waals surface area contributed by atoms with Crippen molar-refractivity contribution in [2.45, 2.75) is 38.1 Å². The van der Waals surface area contributed by atoms with Gasteiger partial charge in [-0.1, -0.05) is 24.0 Å². The van der Waals surface area contributed by atoms with E-state index in [2.05, 4.69) is 53.2 Å². The summed E-state index contributed by atoms with van der Waals surface area (Å²) in [7, 11) is 4.27. The molecule has 3 rings (SSSR count). The number of rotatable bonds is 7. The van der Waals surface area contributed by atoms with Crippen molar-refractivity contribution in [3.05, 3.63) is 70.8 Å². The lowest BCUT2D eigenvalue weighted by molar-refractivity contribution is -0.133. The predicted molar refractivity (Wildman–Crippen MR) is 129 cm³/mol. The zero-order valence-electron chi connectivity index (χ0n) is 19.8. The van der Waals surface area contributed by atoms with Crippen LogP contribution in [-0.4, -0.2) is 77.3 Å². The van der Waals surface area contributed by atoms with E-state index in [0.29, 0.717) is 11.6 Å². The third-order valence-corrected chi connectivity index (χ3v) is 6.00. The van der Waals surface area contributed by atoms with Gasteiger partial charge in [-0.25, -0.2) is 5.48 Å². The summed E-state index contributed by atoms with van der Waals surface area (Å²) in [6, 6.07) is 14.2. The Kier molecular flexibility index (Phi) is 8.79. The largest absolute Gasteiger partial charge is 0.391 e. The third kappa shape index (κ3) is 6.89. The molecule has 3 atom stereocenters. The lowest BCUT2D eigenvalue weighted by Gasteiger charge is -2.20. The Hall–Kier alpha value is -3.22. The normalized spacial score (nSPS) is 17.5. The van der Waals surface area contributed by atoms with Gasteiger partial charge < -0.3 is 15.3 Å². The lowest BCUT2D eigenvalue weighted by atomic mass is 10.1. The van der Waals surface area contributed by atoms with Gasteiger partial charge >= 0.3 is 0 Å². The maximum Gasteiger partial charge on any atom is 0.268 e. The number of aliphatic hydroxyl groups excluding tert-OH is 1. The lowest BCUT2D eigenvalue weighted by Crippen LogP contribution is -2.51. The van der Waals surface area contributed by atoms with Crippen molar-refractivity contribution in [3.8, 4) is 11.8 Å². The highest BCUT2D eigenvalue weighted by Crippen LogP contribution is 2.16. The monoisotopic (exact) mass is 464 g/mol. The van der Waals surface area contributed by atoms with Crippen LogP contribution in [0.3, 0.4) is 0 Å². The first-order chi connectivity index (χ1) is 16.3. The van der Waals surface area contributed by atoms with E-state index in [1.165, 1.54) is 24.4 Å². The van der Waals surface area contributed by atoms with Gasteiger partial charge in [0.1, 0.15) is 6.04 Å². The van der Waals surface area contributed by atoms with Crippen molar-refractivity contribution in [1.82, 2.24) is 20.6 Å². The van der Waals surface area contributed by atoms with Crippen molar-refractivity contribution in [1.29, 1.82) is 0 Å². The topological polar surface area (TPSA) is 105 Å². The number of nitrogens with zero attached hydrogens (tertiary/aromatic N) is 2. The third-order valence-electron chi connectivity index (χ3n) is 6.00. The first kappa shape index (κ1) is 25.4. The summed E-state index contributed by atoms with van der Waals surface area (Å²) < 4.78 is 0. The van der Waals surface area contributed by atoms with Crippen LogP contribution in [0.15, 0.2) is 48.5 Å². The minimum atomic E-state index is -1.26. The number of likely N-dealkylation sites (N-methyl/N-ethyl adjacent to an activating group) is 1. The molecule has 1 heterocycles. The van der Waals surface area contributed by atoms with E-state index >= 15 is 0 Å². The van der Waals surface area contributed by atoms with E-state index in [4.69, 9.17) is 5.21 Å². The molecule has 2 aromatic carbocycles. The van der Waals surface area contributed by atoms with Crippen LogP contribution in [0.4, 0.5) is 0 Å². The first-order valence-corrected chi connectivity index (χ1v) is 11.3. The van der Waals surface area contributed by atoms with Gasteiger partial charge in [-0.3, -0.25) is 19.7 Å². The second-order valence-corrected chi connectivity index (χ2v) is 8.83. The van der Waals surface area contributed by atoms with Gasteiger partial charge in [-0.2, -0.15) is 0 Å². The number of likely N-dealkylation sites (tertiary alicyclic amines) is 1. The van der Waals surface area contributed by atoms with Gasteiger partial charge in [0.05, 0.1) is 6.10 Å². The predicted octanol–water partition coefficient (Wildman–Crippen LogP) is 1.21. The number of hydrogen-bond donors (Lipinski definition) is 4. The SMILES string of the molecule is C[C@@H](O)[C@H](NC(=O)c1ccc(C#Cc2ccc(CN3CC[C@@H](N(C)C)C3)cc2)cc1)C(=O)NO. The molecule has 0 radical (unpaired) electrons. The van der Waals surface area contributed by atoms with E-state index in [1.807, 2.05) is 12.1 Å². The van der Waals surface area contributed by atoms with Crippen molar-refractivity contribution in [2.75, 3.05) is 27.2 Å². The number of hydrogen-bond acceptors (Lipinski definition) is 6. The van der Waals surface area contributed by atoms with Gasteiger partial charge in [-0.15, -0.1) is 0 Å². The van der Waals surface area contributed by atoms with Gasteiger partial charge in [0, 0.05) is 42.4 Å². The molecule has 2 aromatic rings. The highest BCUT2D eigenvalue weighted by molar-refractivity contribution is 5.97. The van der Waals surface area contributed by atoms with Crippen LogP contribution >= 0.6 is 0 Å². The fraction of sp³-hybridized carbons (Fsp3) is 0.385. The van der Waals surface area contributed by atoms with Crippen molar-refractivity contribution < 1.29 is 19.9 Å². The van der Waals surface area contributed by atoms with Crippen LogP contribution in [0.1, 0.15) is 40.4 Å². The molecule has 2 amide bonds. The molecule has 1 saturated heterocycles. The van der Waals surface area contributed by atoms with Crippen LogP contribution in [0.2, 0.25) is 0 Å². The average Bonchev–Trinajstić information content (AvgIpc) is 3.30. The molecule has 0 unspecified atom stereocenters. The Morgan fingerprint density at radius 1 is 1.09 bits per heavy atom. The number of benzene rings is 2. The van der Waals surface area contributed by atoms with Crippen LogP contribution in [0.25, 0.3) is 0 Å².